The molecule has 1 fully saturated rings. The van der Waals surface area contributed by atoms with Gasteiger partial charge in [0.1, 0.15) is 0 Å². The van der Waals surface area contributed by atoms with Crippen molar-refractivity contribution in [1.82, 2.24) is 14.7 Å². The van der Waals surface area contributed by atoms with E-state index in [0.717, 1.165) is 66.4 Å². The number of alkyl halides is 2. The Morgan fingerprint density at radius 1 is 1.00 bits per heavy atom. The van der Waals surface area contributed by atoms with E-state index in [4.69, 9.17) is 46.7 Å². The van der Waals surface area contributed by atoms with Crippen LogP contribution in [0.4, 0.5) is 0 Å². The fourth-order valence-electron chi connectivity index (χ4n) is 5.07. The van der Waals surface area contributed by atoms with Crippen LogP contribution in [0.25, 0.3) is 0 Å². The van der Waals surface area contributed by atoms with Gasteiger partial charge >= 0.3 is 7.67 Å². The number of Topliss-reactive ketones (excluding diaryl/α,β-unsaturated/α-hetero) is 1. The summed E-state index contributed by atoms with van der Waals surface area (Å²) in [4.78, 5) is 15.3. The van der Waals surface area contributed by atoms with Gasteiger partial charge in [0.25, 0.3) is 0 Å². The van der Waals surface area contributed by atoms with E-state index in [1.165, 1.54) is 0 Å². The number of ketones is 1. The standard InChI is InChI=1S/C20H19NO5.C7H15Cl2N2O2P/c1-21-5-4-13-7-18-19(25-10-24-18)8-14(13)16(22)6-12-2-3-17-20(15(12)9-21)26-11-23-17;8-2-5-11(6-3-9)14(12)10-4-1-7-13-14/h2-3,7-8H,4-6,9-11H2,1H3;1-7H2,(H,10,12). The van der Waals surface area contributed by atoms with Gasteiger partial charge in [-0.3, -0.25) is 9.36 Å². The lowest BCUT2D eigenvalue weighted by Crippen LogP contribution is -2.35. The van der Waals surface area contributed by atoms with Gasteiger partial charge in [0.05, 0.1) is 6.61 Å². The van der Waals surface area contributed by atoms with Gasteiger partial charge in [0.15, 0.2) is 28.8 Å². The second-order valence-corrected chi connectivity index (χ2v) is 12.8. The summed E-state index contributed by atoms with van der Waals surface area (Å²) in [5.41, 5.74) is 3.75. The fraction of sp³-hybridized carbons (Fsp3) is 0.519. The zero-order valence-corrected chi connectivity index (χ0v) is 24.9. The molecule has 6 rings (SSSR count). The molecule has 0 aromatic heterocycles. The third-order valence-electron chi connectivity index (χ3n) is 7.14. The Balaban J connectivity index is 0.000000197. The number of carbonyl (C=O) groups is 1. The molecule has 2 aromatic rings. The highest BCUT2D eigenvalue weighted by Gasteiger charge is 2.33. The van der Waals surface area contributed by atoms with Crippen LogP contribution in [0.2, 0.25) is 0 Å². The molecule has 0 radical (unpaired) electrons. The highest BCUT2D eigenvalue weighted by Crippen LogP contribution is 2.48. The molecule has 0 spiro atoms. The van der Waals surface area contributed by atoms with Crippen molar-refractivity contribution >= 4 is 36.7 Å². The molecule has 2 aromatic carbocycles. The van der Waals surface area contributed by atoms with E-state index in [2.05, 4.69) is 17.0 Å². The molecule has 1 unspecified atom stereocenters. The van der Waals surface area contributed by atoms with Gasteiger partial charge in [-0.15, -0.1) is 23.2 Å². The van der Waals surface area contributed by atoms with Crippen molar-refractivity contribution in [2.75, 3.05) is 65.2 Å². The molecule has 0 amide bonds. The van der Waals surface area contributed by atoms with E-state index in [0.29, 0.717) is 49.2 Å². The Labute approximate surface area is 244 Å². The van der Waals surface area contributed by atoms with Crippen LogP contribution < -0.4 is 24.0 Å². The smallest absolute Gasteiger partial charge is 0.343 e. The van der Waals surface area contributed by atoms with Gasteiger partial charge in [-0.05, 0) is 49.2 Å². The van der Waals surface area contributed by atoms with E-state index < -0.39 is 7.67 Å². The monoisotopic (exact) mass is 613 g/mol. The Bertz CT molecular complexity index is 1270. The van der Waals surface area contributed by atoms with Crippen LogP contribution in [0.15, 0.2) is 24.3 Å². The summed E-state index contributed by atoms with van der Waals surface area (Å²) in [7, 11) is -0.764. The highest BCUT2D eigenvalue weighted by atomic mass is 35.5. The second kappa shape index (κ2) is 13.3. The molecule has 4 heterocycles. The van der Waals surface area contributed by atoms with E-state index in [-0.39, 0.29) is 19.4 Å². The lowest BCUT2D eigenvalue weighted by Gasteiger charge is -2.33. The topological polar surface area (TPSA) is 98.8 Å². The number of benzene rings is 2. The molecule has 40 heavy (non-hydrogen) atoms. The van der Waals surface area contributed by atoms with Crippen LogP contribution in [0, 0.1) is 0 Å². The summed E-state index contributed by atoms with van der Waals surface area (Å²) in [5.74, 6) is 3.83. The fourth-order valence-corrected chi connectivity index (χ4v) is 7.71. The normalized spacial score (nSPS) is 21.9. The number of ether oxygens (including phenoxy) is 4. The molecule has 13 heteroatoms. The zero-order chi connectivity index (χ0) is 28.1. The molecule has 0 saturated carbocycles. The minimum atomic E-state index is -2.84. The Morgan fingerprint density at radius 3 is 2.45 bits per heavy atom. The Hall–Kier alpha value is -2.04. The SMILES string of the molecule is CN1CCc2cc3c(cc2C(=O)Cc2ccc4c(c2C1)OCO4)OCO3.O=P1(N(CCCl)CCCl)NCCCO1. The first-order valence-corrected chi connectivity index (χ1v) is 16.0. The number of hydrogen-bond acceptors (Lipinski definition) is 8. The van der Waals surface area contributed by atoms with Crippen molar-refractivity contribution in [3.63, 3.8) is 0 Å². The summed E-state index contributed by atoms with van der Waals surface area (Å²) in [5, 5.41) is 2.91. The molecule has 1 N–H and O–H groups in total. The number of hydrogen-bond donors (Lipinski definition) is 1. The predicted molar refractivity (Wildman–Crippen MR) is 152 cm³/mol. The lowest BCUT2D eigenvalue weighted by molar-refractivity contribution is 0.0990. The minimum absolute atomic E-state index is 0.0861. The number of nitrogens with zero attached hydrogens (tertiary/aromatic N) is 2. The Morgan fingerprint density at radius 2 is 1.73 bits per heavy atom. The number of carbonyl (C=O) groups excluding carboxylic acids is 1. The van der Waals surface area contributed by atoms with Crippen LogP contribution in [0.1, 0.15) is 33.5 Å². The molecule has 4 aliphatic heterocycles. The molecule has 1 atom stereocenters. The maximum absolute atomic E-state index is 13.1. The molecule has 218 valence electrons. The Kier molecular flexibility index (Phi) is 9.79. The summed E-state index contributed by atoms with van der Waals surface area (Å²) < 4.78 is 41.3. The van der Waals surface area contributed by atoms with Crippen LogP contribution in [0.5, 0.6) is 23.0 Å². The first-order valence-electron chi connectivity index (χ1n) is 13.3. The van der Waals surface area contributed by atoms with Gasteiger partial charge in [-0.1, -0.05) is 6.07 Å². The molecule has 1 saturated heterocycles. The van der Waals surface area contributed by atoms with E-state index >= 15 is 0 Å². The molecular weight excluding hydrogens is 580 g/mol. The van der Waals surface area contributed by atoms with Crippen molar-refractivity contribution in [2.45, 2.75) is 25.8 Å². The second-order valence-electron chi connectivity index (χ2n) is 9.83. The maximum Gasteiger partial charge on any atom is 0.343 e. The number of fused-ring (bicyclic) bond motifs is 5. The van der Waals surface area contributed by atoms with Gasteiger partial charge < -0.3 is 28.4 Å². The third-order valence-corrected chi connectivity index (χ3v) is 9.77. The summed E-state index contributed by atoms with van der Waals surface area (Å²) in [6.45, 7) is 4.29. The first-order chi connectivity index (χ1) is 19.4. The predicted octanol–water partition coefficient (Wildman–Crippen LogP) is 4.44. The maximum atomic E-state index is 13.1. The van der Waals surface area contributed by atoms with Crippen LogP contribution in [0.3, 0.4) is 0 Å². The van der Waals surface area contributed by atoms with E-state index in [1.54, 1.807) is 4.67 Å². The van der Waals surface area contributed by atoms with Gasteiger partial charge in [0, 0.05) is 62.0 Å². The lowest BCUT2D eigenvalue weighted by atomic mass is 9.92. The van der Waals surface area contributed by atoms with Crippen molar-refractivity contribution in [3.8, 4) is 23.0 Å². The quantitative estimate of drug-likeness (QED) is 0.385. The van der Waals surface area contributed by atoms with Crippen LogP contribution in [-0.4, -0.2) is 80.5 Å². The summed E-state index contributed by atoms with van der Waals surface area (Å²) in [6.07, 6.45) is 1.99. The van der Waals surface area contributed by atoms with Crippen LogP contribution in [-0.2, 0) is 28.5 Å². The van der Waals surface area contributed by atoms with Crippen molar-refractivity contribution in [2.24, 2.45) is 0 Å². The highest BCUT2D eigenvalue weighted by molar-refractivity contribution is 7.54. The number of halogens is 2. The van der Waals surface area contributed by atoms with E-state index in [1.807, 2.05) is 24.3 Å². The zero-order valence-electron chi connectivity index (χ0n) is 22.5. The molecule has 4 aliphatic rings. The molecule has 0 bridgehead atoms. The summed E-state index contributed by atoms with van der Waals surface area (Å²) in [6, 6.07) is 7.64. The van der Waals surface area contributed by atoms with E-state index in [9.17, 15) is 9.36 Å². The molecular formula is C27H34Cl2N3O7P. The largest absolute Gasteiger partial charge is 0.454 e. The average molecular weight is 614 g/mol. The van der Waals surface area contributed by atoms with Crippen LogP contribution >= 0.6 is 30.9 Å². The third kappa shape index (κ3) is 6.54. The first kappa shape index (κ1) is 29.5. The molecule has 10 nitrogen and oxygen atoms in total. The summed E-state index contributed by atoms with van der Waals surface area (Å²) >= 11 is 11.2. The van der Waals surface area contributed by atoms with Crippen molar-refractivity contribution in [3.05, 3.63) is 46.5 Å². The van der Waals surface area contributed by atoms with Gasteiger partial charge in [0.2, 0.25) is 13.6 Å². The number of rotatable bonds is 5. The minimum Gasteiger partial charge on any atom is -0.454 e. The van der Waals surface area contributed by atoms with Gasteiger partial charge in [-0.2, -0.15) is 0 Å². The van der Waals surface area contributed by atoms with Crippen molar-refractivity contribution in [1.29, 1.82) is 0 Å². The van der Waals surface area contributed by atoms with Gasteiger partial charge in [-0.25, -0.2) is 9.76 Å². The number of nitrogens with one attached hydrogen (secondary N) is 1. The van der Waals surface area contributed by atoms with Crippen molar-refractivity contribution < 1.29 is 32.8 Å². The molecule has 0 aliphatic carbocycles. The number of likely N-dealkylation sites (N-methyl/N-ethyl adjacent to an activating group) is 1. The average Bonchev–Trinajstić information content (AvgIpc) is 3.62.